The highest BCUT2D eigenvalue weighted by Crippen LogP contribution is 2.68. The Hall–Kier alpha value is -1.91. The minimum Gasteiger partial charge on any atom is -0.462 e. The van der Waals surface area contributed by atoms with E-state index in [0.29, 0.717) is 0 Å². The number of esters is 1. The van der Waals surface area contributed by atoms with E-state index in [-0.39, 0.29) is 70.1 Å². The highest BCUT2D eigenvalue weighted by molar-refractivity contribution is 8.00. The summed E-state index contributed by atoms with van der Waals surface area (Å²) in [4.78, 5) is 57.4. The molecule has 7 atom stereocenters. The molecule has 32 heavy (non-hydrogen) atoms. The van der Waals surface area contributed by atoms with Crippen molar-refractivity contribution in [3.05, 3.63) is 36.9 Å². The second-order valence-electron chi connectivity index (χ2n) is 9.28. The predicted octanol–water partition coefficient (Wildman–Crippen LogP) is 2.92. The molecule has 7 nitrogen and oxygen atoms in total. The van der Waals surface area contributed by atoms with Gasteiger partial charge in [-0.25, -0.2) is 0 Å². The summed E-state index contributed by atoms with van der Waals surface area (Å²) in [6, 6.07) is 4.13. The van der Waals surface area contributed by atoms with E-state index in [1.165, 1.54) is 16.2 Å². The lowest BCUT2D eigenvalue weighted by atomic mass is 9.69. The molecule has 4 heterocycles. The molecule has 0 spiro atoms. The fraction of sp³-hybridized carbons (Fsp3) is 0.545. The summed E-state index contributed by atoms with van der Waals surface area (Å²) in [5.41, 5.74) is 0. The van der Waals surface area contributed by atoms with E-state index >= 15 is 0 Å². The average Bonchev–Trinajstić information content (AvgIpc) is 3.52. The Morgan fingerprint density at radius 2 is 1.97 bits per heavy atom. The highest BCUT2D eigenvalue weighted by atomic mass is 32.2. The number of H-pyrrole nitrogens is 1. The number of fused-ring (bicyclic) bond motifs is 9. The monoisotopic (exact) mass is 490 g/mol. The number of carbonyl (C=O) groups excluding carboxylic acids is 3. The van der Waals surface area contributed by atoms with Crippen LogP contribution in [-0.4, -0.2) is 45.6 Å². The third-order valence-corrected chi connectivity index (χ3v) is 10.9. The third-order valence-electron chi connectivity index (χ3n) is 7.32. The minimum atomic E-state index is -0.544. The average molecular weight is 491 g/mol. The van der Waals surface area contributed by atoms with Crippen molar-refractivity contribution in [2.24, 2.45) is 29.6 Å². The van der Waals surface area contributed by atoms with Gasteiger partial charge in [0.2, 0.25) is 11.8 Å². The Labute approximate surface area is 196 Å². The first kappa shape index (κ1) is 20.7. The van der Waals surface area contributed by atoms with Gasteiger partial charge in [-0.1, -0.05) is 17.4 Å². The molecule has 2 amide bonds. The number of thioether (sulfide) groups is 1. The molecule has 10 heteroatoms. The van der Waals surface area contributed by atoms with Gasteiger partial charge in [0, 0.05) is 20.9 Å². The number of nitrogens with one attached hydrogen (secondary N) is 1. The standard InChI is InChI=1S/C22H22N2O5S3/c1-8(2)29-12(25)7-24-20(26)14-9-6-10(15(14)21(24)27)17-13(9)16(11-4-3-5-30-11)18-19(31-17)23-22(28)32-18/h3-5,8-10,13-17H,6-7H2,1-2H3,(H,23,28)/t9-,10-,13+,14+,15-,16-,17-/m1/s1. The fourth-order valence-corrected chi connectivity index (χ4v) is 10.3. The summed E-state index contributed by atoms with van der Waals surface area (Å²) in [6.45, 7) is 3.19. The van der Waals surface area contributed by atoms with Gasteiger partial charge in [-0.05, 0) is 49.5 Å². The number of aromatic amines is 1. The third kappa shape index (κ3) is 2.85. The molecule has 2 aromatic rings. The largest absolute Gasteiger partial charge is 0.462 e. The Morgan fingerprint density at radius 3 is 2.66 bits per heavy atom. The van der Waals surface area contributed by atoms with Crippen molar-refractivity contribution in [3.8, 4) is 0 Å². The number of likely N-dealkylation sites (tertiary alicyclic amines) is 1. The number of aromatic nitrogens is 1. The van der Waals surface area contributed by atoms with Crippen molar-refractivity contribution in [1.82, 2.24) is 9.88 Å². The number of carbonyl (C=O) groups is 3. The van der Waals surface area contributed by atoms with Crippen LogP contribution < -0.4 is 4.87 Å². The van der Waals surface area contributed by atoms with Crippen molar-refractivity contribution in [1.29, 1.82) is 0 Å². The number of rotatable bonds is 4. The first-order valence-electron chi connectivity index (χ1n) is 10.8. The molecule has 2 saturated carbocycles. The van der Waals surface area contributed by atoms with Crippen LogP contribution in [0.3, 0.4) is 0 Å². The van der Waals surface area contributed by atoms with Crippen LogP contribution in [0.4, 0.5) is 0 Å². The number of hydrogen-bond donors (Lipinski definition) is 1. The van der Waals surface area contributed by atoms with Gasteiger partial charge in [0.15, 0.2) is 0 Å². The molecule has 2 aliphatic carbocycles. The first-order chi connectivity index (χ1) is 15.3. The van der Waals surface area contributed by atoms with Gasteiger partial charge < -0.3 is 9.72 Å². The van der Waals surface area contributed by atoms with E-state index < -0.39 is 5.97 Å². The lowest BCUT2D eigenvalue weighted by Crippen LogP contribution is -2.42. The molecule has 1 N–H and O–H groups in total. The quantitative estimate of drug-likeness (QED) is 0.523. The van der Waals surface area contributed by atoms with Crippen LogP contribution in [0, 0.1) is 29.6 Å². The number of ether oxygens (including phenoxy) is 1. The minimum absolute atomic E-state index is 0.0569. The van der Waals surface area contributed by atoms with Crippen LogP contribution in [0.1, 0.15) is 35.9 Å². The van der Waals surface area contributed by atoms with E-state index in [4.69, 9.17) is 4.74 Å². The molecule has 3 fully saturated rings. The molecule has 2 bridgehead atoms. The summed E-state index contributed by atoms with van der Waals surface area (Å²) < 4.78 is 5.18. The molecule has 2 aromatic heterocycles. The molecule has 1 saturated heterocycles. The zero-order valence-electron chi connectivity index (χ0n) is 17.5. The number of hydrogen-bond acceptors (Lipinski definition) is 8. The van der Waals surface area contributed by atoms with Crippen LogP contribution in [0.25, 0.3) is 0 Å². The van der Waals surface area contributed by atoms with Gasteiger partial charge in [0.25, 0.3) is 0 Å². The van der Waals surface area contributed by atoms with Crippen molar-refractivity contribution in [2.45, 2.75) is 42.6 Å². The van der Waals surface area contributed by atoms with Crippen molar-refractivity contribution in [3.63, 3.8) is 0 Å². The van der Waals surface area contributed by atoms with E-state index in [1.807, 2.05) is 11.4 Å². The maximum atomic E-state index is 13.4. The summed E-state index contributed by atoms with van der Waals surface area (Å²) in [5, 5.41) is 3.13. The van der Waals surface area contributed by atoms with Crippen molar-refractivity contribution < 1.29 is 19.1 Å². The van der Waals surface area contributed by atoms with Crippen LogP contribution in [0.2, 0.25) is 0 Å². The zero-order valence-corrected chi connectivity index (χ0v) is 19.9. The number of thiazole rings is 1. The van der Waals surface area contributed by atoms with Crippen LogP contribution in [-0.2, 0) is 19.1 Å². The molecule has 6 rings (SSSR count). The Bertz CT molecular complexity index is 1170. The fourth-order valence-electron chi connectivity index (χ4n) is 6.45. The van der Waals surface area contributed by atoms with E-state index in [0.717, 1.165) is 21.2 Å². The maximum Gasteiger partial charge on any atom is 0.326 e. The normalized spacial score (nSPS) is 34.7. The smallest absolute Gasteiger partial charge is 0.326 e. The molecule has 0 radical (unpaired) electrons. The van der Waals surface area contributed by atoms with Gasteiger partial charge >= 0.3 is 10.8 Å². The van der Waals surface area contributed by atoms with Crippen LogP contribution in [0.5, 0.6) is 0 Å². The number of amides is 2. The Balaban J connectivity index is 1.36. The first-order valence-corrected chi connectivity index (χ1v) is 13.4. The van der Waals surface area contributed by atoms with Gasteiger partial charge in [0.05, 0.1) is 23.0 Å². The molecule has 2 aliphatic heterocycles. The summed E-state index contributed by atoms with van der Waals surface area (Å²) in [7, 11) is 0. The summed E-state index contributed by atoms with van der Waals surface area (Å²) in [5.74, 6) is -1.34. The van der Waals surface area contributed by atoms with Gasteiger partial charge in [0.1, 0.15) is 6.54 Å². The lowest BCUT2D eigenvalue weighted by Gasteiger charge is -2.42. The van der Waals surface area contributed by atoms with E-state index in [9.17, 15) is 19.2 Å². The number of nitrogens with zero attached hydrogens (tertiary/aromatic N) is 1. The maximum absolute atomic E-state index is 13.4. The van der Waals surface area contributed by atoms with E-state index in [1.54, 1.807) is 36.9 Å². The molecule has 0 unspecified atom stereocenters. The molecule has 168 valence electrons. The van der Waals surface area contributed by atoms with Gasteiger partial charge in [-0.15, -0.1) is 23.1 Å². The van der Waals surface area contributed by atoms with Crippen LogP contribution in [0.15, 0.2) is 27.3 Å². The number of thiophene rings is 1. The second-order valence-corrected chi connectivity index (χ2v) is 12.5. The highest BCUT2D eigenvalue weighted by Gasteiger charge is 2.69. The van der Waals surface area contributed by atoms with E-state index in [2.05, 4.69) is 11.1 Å². The molecular weight excluding hydrogens is 468 g/mol. The Morgan fingerprint density at radius 1 is 1.22 bits per heavy atom. The molecule has 0 aromatic carbocycles. The topological polar surface area (TPSA) is 96.5 Å². The van der Waals surface area contributed by atoms with Crippen molar-refractivity contribution in [2.75, 3.05) is 6.54 Å². The molecule has 4 aliphatic rings. The Kier molecular flexibility index (Phi) is 4.71. The molecular formula is C22H22N2O5S3. The van der Waals surface area contributed by atoms with Crippen molar-refractivity contribution >= 4 is 52.2 Å². The summed E-state index contributed by atoms with van der Waals surface area (Å²) in [6.07, 6.45) is 0.554. The zero-order chi connectivity index (χ0) is 22.3. The summed E-state index contributed by atoms with van der Waals surface area (Å²) >= 11 is 4.62. The van der Waals surface area contributed by atoms with Crippen LogP contribution >= 0.6 is 34.4 Å². The second kappa shape index (κ2) is 7.30. The SMILES string of the molecule is CC(C)OC(=O)CN1C(=O)[C@@H]2[C@H]3C[C@@H]([C@@H]2C1=O)[C@H]1[C@@H](c2cccs2)c2sc(=O)[nH]c2S[C@H]31. The number of imide groups is 1. The predicted molar refractivity (Wildman–Crippen MR) is 121 cm³/mol. The van der Waals surface area contributed by atoms with Gasteiger partial charge in [-0.3, -0.25) is 24.1 Å². The lowest BCUT2D eigenvalue weighted by molar-refractivity contribution is -0.155. The van der Waals surface area contributed by atoms with Gasteiger partial charge in [-0.2, -0.15) is 0 Å².